The molecule has 0 radical (unpaired) electrons. The van der Waals surface area contributed by atoms with E-state index in [9.17, 15) is 5.11 Å². The number of hydrogen-bond acceptors (Lipinski definition) is 2. The lowest BCUT2D eigenvalue weighted by Crippen LogP contribution is -2.10. The zero-order valence-electron chi connectivity index (χ0n) is 8.09. The molecule has 3 heteroatoms. The Bertz CT molecular complexity index is 349. The summed E-state index contributed by atoms with van der Waals surface area (Å²) in [5.74, 6) is 0.796. The van der Waals surface area contributed by atoms with E-state index in [0.717, 1.165) is 35.0 Å². The van der Waals surface area contributed by atoms with Crippen molar-refractivity contribution >= 4 is 15.9 Å². The quantitative estimate of drug-likeness (QED) is 0.838. The smallest absolute Gasteiger partial charge is 0.133 e. The summed E-state index contributed by atoms with van der Waals surface area (Å²) in [5.41, 5.74) is 2.24. The fraction of sp³-hybridized carbons (Fsp3) is 0.455. The maximum atomic E-state index is 9.88. The van der Waals surface area contributed by atoms with E-state index in [2.05, 4.69) is 15.9 Å². The molecule has 14 heavy (non-hydrogen) atoms. The third-order valence-electron chi connectivity index (χ3n) is 2.71. The molecule has 1 aliphatic carbocycles. The van der Waals surface area contributed by atoms with Gasteiger partial charge >= 0.3 is 0 Å². The number of benzene rings is 1. The summed E-state index contributed by atoms with van der Waals surface area (Å²) >= 11 is 3.48. The summed E-state index contributed by atoms with van der Waals surface area (Å²) in [6, 6.07) is 3.99. The van der Waals surface area contributed by atoms with Crippen LogP contribution in [0.3, 0.4) is 0 Å². The van der Waals surface area contributed by atoms with E-state index < -0.39 is 0 Å². The third kappa shape index (κ3) is 1.55. The van der Waals surface area contributed by atoms with Gasteiger partial charge in [-0.15, -0.1) is 0 Å². The van der Waals surface area contributed by atoms with E-state index >= 15 is 0 Å². The monoisotopic (exact) mass is 256 g/mol. The molecule has 2 nitrogen and oxygen atoms in total. The van der Waals surface area contributed by atoms with Gasteiger partial charge < -0.3 is 9.84 Å². The van der Waals surface area contributed by atoms with Crippen LogP contribution in [0.4, 0.5) is 0 Å². The van der Waals surface area contributed by atoms with Gasteiger partial charge in [-0.3, -0.25) is 0 Å². The van der Waals surface area contributed by atoms with Gasteiger partial charge in [-0.25, -0.2) is 0 Å². The van der Waals surface area contributed by atoms with Crippen molar-refractivity contribution in [1.29, 1.82) is 0 Å². The Morgan fingerprint density at radius 3 is 3.00 bits per heavy atom. The zero-order valence-corrected chi connectivity index (χ0v) is 9.67. The second kappa shape index (κ2) is 3.91. The van der Waals surface area contributed by atoms with Crippen molar-refractivity contribution in [3.05, 3.63) is 27.7 Å². The Hall–Kier alpha value is -0.540. The normalized spacial score (nSPS) is 20.4. The Morgan fingerprint density at radius 2 is 2.29 bits per heavy atom. The van der Waals surface area contributed by atoms with Crippen molar-refractivity contribution in [2.45, 2.75) is 25.4 Å². The van der Waals surface area contributed by atoms with E-state index in [1.807, 2.05) is 12.1 Å². The molecule has 1 atom stereocenters. The van der Waals surface area contributed by atoms with Gasteiger partial charge in [0.1, 0.15) is 5.75 Å². The first kappa shape index (κ1) is 9.99. The lowest BCUT2D eigenvalue weighted by Gasteiger charge is -2.23. The van der Waals surface area contributed by atoms with Gasteiger partial charge in [-0.1, -0.05) is 6.07 Å². The molecule has 0 amide bonds. The number of aliphatic hydroxyl groups excluding tert-OH is 1. The standard InChI is InChI=1S/C11H13BrO2/c1-14-9-6-5-7-3-2-4-8(13)10(7)11(9)12/h5-6,8,13H,2-4H2,1H3. The average Bonchev–Trinajstić information content (AvgIpc) is 2.18. The van der Waals surface area contributed by atoms with Crippen LogP contribution < -0.4 is 4.74 Å². The molecule has 1 aromatic rings. The summed E-state index contributed by atoms with van der Waals surface area (Å²) in [4.78, 5) is 0. The SMILES string of the molecule is COc1ccc2c(c1Br)C(O)CCC2. The van der Waals surface area contributed by atoms with E-state index in [1.54, 1.807) is 7.11 Å². The molecule has 0 heterocycles. The van der Waals surface area contributed by atoms with Crippen LogP contribution in [-0.2, 0) is 6.42 Å². The van der Waals surface area contributed by atoms with E-state index in [-0.39, 0.29) is 6.10 Å². The number of hydrogen-bond donors (Lipinski definition) is 1. The molecule has 0 fully saturated rings. The lowest BCUT2D eigenvalue weighted by molar-refractivity contribution is 0.155. The minimum absolute atomic E-state index is 0.344. The molecule has 0 aromatic heterocycles. The fourth-order valence-corrected chi connectivity index (χ4v) is 2.79. The first-order valence-electron chi connectivity index (χ1n) is 4.77. The van der Waals surface area contributed by atoms with E-state index in [0.29, 0.717) is 0 Å². The van der Waals surface area contributed by atoms with Gasteiger partial charge in [-0.05, 0) is 46.8 Å². The van der Waals surface area contributed by atoms with Gasteiger partial charge in [0.05, 0.1) is 17.7 Å². The molecule has 1 N–H and O–H groups in total. The van der Waals surface area contributed by atoms with Crippen LogP contribution in [-0.4, -0.2) is 12.2 Å². The summed E-state index contributed by atoms with van der Waals surface area (Å²) in [6.07, 6.45) is 2.61. The van der Waals surface area contributed by atoms with Crippen molar-refractivity contribution in [1.82, 2.24) is 0 Å². The Balaban J connectivity index is 2.54. The van der Waals surface area contributed by atoms with Gasteiger partial charge in [0, 0.05) is 5.56 Å². The molecule has 0 saturated carbocycles. The van der Waals surface area contributed by atoms with Crippen molar-refractivity contribution in [3.63, 3.8) is 0 Å². The highest BCUT2D eigenvalue weighted by Gasteiger charge is 2.22. The minimum atomic E-state index is -0.344. The second-order valence-corrected chi connectivity index (χ2v) is 4.36. The fourth-order valence-electron chi connectivity index (χ4n) is 1.98. The molecule has 1 aromatic carbocycles. The lowest BCUT2D eigenvalue weighted by atomic mass is 9.89. The van der Waals surface area contributed by atoms with Crippen molar-refractivity contribution < 1.29 is 9.84 Å². The topological polar surface area (TPSA) is 29.5 Å². The number of aryl methyl sites for hydroxylation is 1. The third-order valence-corrected chi connectivity index (χ3v) is 3.53. The van der Waals surface area contributed by atoms with Crippen molar-refractivity contribution in [2.75, 3.05) is 7.11 Å². The molecular weight excluding hydrogens is 244 g/mol. The van der Waals surface area contributed by atoms with Gasteiger partial charge in [0.15, 0.2) is 0 Å². The molecule has 0 aliphatic heterocycles. The number of rotatable bonds is 1. The summed E-state index contributed by atoms with van der Waals surface area (Å²) in [5, 5.41) is 9.88. The number of aliphatic hydroxyl groups is 1. The second-order valence-electron chi connectivity index (χ2n) is 3.56. The van der Waals surface area contributed by atoms with E-state index in [4.69, 9.17) is 4.74 Å². The maximum Gasteiger partial charge on any atom is 0.133 e. The molecule has 2 rings (SSSR count). The number of fused-ring (bicyclic) bond motifs is 1. The predicted molar refractivity (Wildman–Crippen MR) is 58.6 cm³/mol. The molecule has 1 aliphatic rings. The van der Waals surface area contributed by atoms with Gasteiger partial charge in [-0.2, -0.15) is 0 Å². The van der Waals surface area contributed by atoms with Crippen LogP contribution in [0.1, 0.15) is 30.1 Å². The largest absolute Gasteiger partial charge is 0.496 e. The Kier molecular flexibility index (Phi) is 2.79. The highest BCUT2D eigenvalue weighted by atomic mass is 79.9. The van der Waals surface area contributed by atoms with Gasteiger partial charge in [0.25, 0.3) is 0 Å². The predicted octanol–water partition coefficient (Wildman–Crippen LogP) is 2.83. The van der Waals surface area contributed by atoms with Crippen LogP contribution >= 0.6 is 15.9 Å². The minimum Gasteiger partial charge on any atom is -0.496 e. The van der Waals surface area contributed by atoms with Crippen LogP contribution in [0.2, 0.25) is 0 Å². The highest BCUT2D eigenvalue weighted by Crippen LogP contribution is 2.39. The molecule has 0 bridgehead atoms. The zero-order chi connectivity index (χ0) is 10.1. The van der Waals surface area contributed by atoms with Crippen LogP contribution in [0.25, 0.3) is 0 Å². The summed E-state index contributed by atoms with van der Waals surface area (Å²) < 4.78 is 6.11. The number of methoxy groups -OCH3 is 1. The molecule has 0 spiro atoms. The highest BCUT2D eigenvalue weighted by molar-refractivity contribution is 9.10. The van der Waals surface area contributed by atoms with Crippen LogP contribution in [0.5, 0.6) is 5.75 Å². The number of ether oxygens (including phenoxy) is 1. The Labute approximate surface area is 92.0 Å². The summed E-state index contributed by atoms with van der Waals surface area (Å²) in [6.45, 7) is 0. The van der Waals surface area contributed by atoms with Crippen LogP contribution in [0.15, 0.2) is 16.6 Å². The molecule has 76 valence electrons. The molecule has 1 unspecified atom stereocenters. The van der Waals surface area contributed by atoms with E-state index in [1.165, 1.54) is 5.56 Å². The Morgan fingerprint density at radius 1 is 1.50 bits per heavy atom. The molecular formula is C11H13BrO2. The van der Waals surface area contributed by atoms with Crippen molar-refractivity contribution in [3.8, 4) is 5.75 Å². The van der Waals surface area contributed by atoms with Crippen LogP contribution in [0, 0.1) is 0 Å². The maximum absolute atomic E-state index is 9.88. The average molecular weight is 257 g/mol. The first-order chi connectivity index (χ1) is 6.74. The first-order valence-corrected chi connectivity index (χ1v) is 5.56. The van der Waals surface area contributed by atoms with Crippen molar-refractivity contribution in [2.24, 2.45) is 0 Å². The summed E-state index contributed by atoms with van der Waals surface area (Å²) in [7, 11) is 1.64. The number of halogens is 1. The van der Waals surface area contributed by atoms with Gasteiger partial charge in [0.2, 0.25) is 0 Å². The molecule has 0 saturated heterocycles.